The lowest BCUT2D eigenvalue weighted by atomic mass is 10.1. The number of methoxy groups -OCH3 is 1. The predicted octanol–water partition coefficient (Wildman–Crippen LogP) is 4.82. The molecule has 0 atom stereocenters. The van der Waals surface area contributed by atoms with Crippen molar-refractivity contribution >= 4 is 46.6 Å². The molecular formula is C25H19ClN4O6. The summed E-state index contributed by atoms with van der Waals surface area (Å²) in [6.45, 7) is -0.288. The molecule has 3 rings (SSSR count). The molecule has 0 aromatic heterocycles. The highest BCUT2D eigenvalue weighted by molar-refractivity contribution is 6.30. The number of rotatable bonds is 9. The zero-order valence-electron chi connectivity index (χ0n) is 18.9. The molecular weight excluding hydrogens is 488 g/mol. The molecule has 0 unspecified atom stereocenters. The van der Waals surface area contributed by atoms with Gasteiger partial charge in [0.05, 0.1) is 12.0 Å². The lowest BCUT2D eigenvalue weighted by Gasteiger charge is -2.12. The lowest BCUT2D eigenvalue weighted by molar-refractivity contribution is -0.384. The minimum atomic E-state index is -0.740. The quantitative estimate of drug-likeness (QED) is 0.183. The number of nitrogens with zero attached hydrogens (tertiary/aromatic N) is 2. The van der Waals surface area contributed by atoms with Gasteiger partial charge in [-0.2, -0.15) is 5.26 Å². The fourth-order valence-corrected chi connectivity index (χ4v) is 3.10. The molecule has 36 heavy (non-hydrogen) atoms. The van der Waals surface area contributed by atoms with E-state index in [-0.39, 0.29) is 35.1 Å². The highest BCUT2D eigenvalue weighted by atomic mass is 35.5. The second kappa shape index (κ2) is 12.0. The first-order chi connectivity index (χ1) is 17.3. The van der Waals surface area contributed by atoms with Crippen molar-refractivity contribution in [1.82, 2.24) is 0 Å². The summed E-state index contributed by atoms with van der Waals surface area (Å²) in [5.74, 6) is -0.580. The Morgan fingerprint density at radius 1 is 1.06 bits per heavy atom. The summed E-state index contributed by atoms with van der Waals surface area (Å²) in [7, 11) is 1.41. The molecule has 2 amide bonds. The number of nitriles is 1. The van der Waals surface area contributed by atoms with Crippen molar-refractivity contribution in [3.05, 3.63) is 93.0 Å². The summed E-state index contributed by atoms with van der Waals surface area (Å²) in [4.78, 5) is 35.0. The molecule has 182 valence electrons. The van der Waals surface area contributed by atoms with Crippen LogP contribution in [0.5, 0.6) is 11.5 Å². The largest absolute Gasteiger partial charge is 0.493 e. The van der Waals surface area contributed by atoms with Crippen LogP contribution in [0.1, 0.15) is 5.56 Å². The molecule has 0 fully saturated rings. The SMILES string of the molecule is COc1cc(/C=C(\C#N)C(=O)Nc2cccc([N+](=O)[O-])c2)ccc1OCC(=O)Nc1ccc(Cl)cc1. The van der Waals surface area contributed by atoms with Gasteiger partial charge >= 0.3 is 0 Å². The van der Waals surface area contributed by atoms with Crippen molar-refractivity contribution in [3.8, 4) is 17.6 Å². The summed E-state index contributed by atoms with van der Waals surface area (Å²) < 4.78 is 10.9. The van der Waals surface area contributed by atoms with E-state index in [9.17, 15) is 25.0 Å². The molecule has 0 radical (unpaired) electrons. The Balaban J connectivity index is 1.68. The van der Waals surface area contributed by atoms with Crippen LogP contribution in [0.15, 0.2) is 72.3 Å². The third-order valence-corrected chi connectivity index (χ3v) is 4.92. The zero-order valence-corrected chi connectivity index (χ0v) is 19.6. The van der Waals surface area contributed by atoms with Gasteiger partial charge in [0.25, 0.3) is 17.5 Å². The first-order valence-electron chi connectivity index (χ1n) is 10.3. The summed E-state index contributed by atoms with van der Waals surface area (Å²) in [5, 5.41) is 26.0. The Morgan fingerprint density at radius 3 is 2.47 bits per heavy atom. The Labute approximate surface area is 210 Å². The fourth-order valence-electron chi connectivity index (χ4n) is 2.98. The number of anilines is 2. The van der Waals surface area contributed by atoms with Crippen LogP contribution in [0.4, 0.5) is 17.1 Å². The number of nitro groups is 1. The number of nitro benzene ring substituents is 1. The van der Waals surface area contributed by atoms with Gasteiger partial charge in [0, 0.05) is 28.5 Å². The molecule has 0 heterocycles. The van der Waals surface area contributed by atoms with Crippen molar-refractivity contribution < 1.29 is 24.0 Å². The van der Waals surface area contributed by atoms with Crippen LogP contribution in [0.25, 0.3) is 6.08 Å². The summed E-state index contributed by atoms with van der Waals surface area (Å²) >= 11 is 5.83. The molecule has 11 heteroatoms. The summed E-state index contributed by atoms with van der Waals surface area (Å²) in [6.07, 6.45) is 1.33. The average molecular weight is 507 g/mol. The maximum atomic E-state index is 12.5. The standard InChI is InChI=1S/C25H19ClN4O6/c1-35-23-12-16(5-10-22(23)36-15-24(31)28-19-8-6-18(26)7-9-19)11-17(14-27)25(32)29-20-3-2-4-21(13-20)30(33)34/h2-13H,15H2,1H3,(H,28,31)(H,29,32)/b17-11+. The van der Waals surface area contributed by atoms with Crippen LogP contribution in [0.2, 0.25) is 5.02 Å². The van der Waals surface area contributed by atoms with Gasteiger partial charge in [-0.25, -0.2) is 0 Å². The number of halogens is 1. The molecule has 2 N–H and O–H groups in total. The molecule has 0 spiro atoms. The molecule has 0 aliphatic rings. The van der Waals surface area contributed by atoms with Crippen LogP contribution >= 0.6 is 11.6 Å². The van der Waals surface area contributed by atoms with Gasteiger partial charge < -0.3 is 20.1 Å². The van der Waals surface area contributed by atoms with Gasteiger partial charge in [0.1, 0.15) is 11.6 Å². The third-order valence-electron chi connectivity index (χ3n) is 4.67. The Kier molecular flexibility index (Phi) is 8.58. The van der Waals surface area contributed by atoms with E-state index < -0.39 is 16.7 Å². The number of benzene rings is 3. The van der Waals surface area contributed by atoms with Crippen molar-refractivity contribution in [2.24, 2.45) is 0 Å². The predicted molar refractivity (Wildman–Crippen MR) is 134 cm³/mol. The maximum Gasteiger partial charge on any atom is 0.271 e. The molecule has 0 bridgehead atoms. The number of carbonyl (C=O) groups excluding carboxylic acids is 2. The molecule has 0 aliphatic carbocycles. The third kappa shape index (κ3) is 7.06. The van der Waals surface area contributed by atoms with E-state index in [1.807, 2.05) is 6.07 Å². The van der Waals surface area contributed by atoms with Crippen LogP contribution in [-0.2, 0) is 9.59 Å². The van der Waals surface area contributed by atoms with Crippen LogP contribution < -0.4 is 20.1 Å². The van der Waals surface area contributed by atoms with Gasteiger partial charge in [-0.3, -0.25) is 19.7 Å². The lowest BCUT2D eigenvalue weighted by Crippen LogP contribution is -2.20. The van der Waals surface area contributed by atoms with E-state index in [1.165, 1.54) is 49.6 Å². The Bertz CT molecular complexity index is 1370. The van der Waals surface area contributed by atoms with Crippen LogP contribution in [0.3, 0.4) is 0 Å². The van der Waals surface area contributed by atoms with E-state index in [4.69, 9.17) is 21.1 Å². The number of hydrogen-bond donors (Lipinski definition) is 2. The van der Waals surface area contributed by atoms with Crippen LogP contribution in [-0.4, -0.2) is 30.5 Å². The minimum Gasteiger partial charge on any atom is -0.493 e. The average Bonchev–Trinajstić information content (AvgIpc) is 2.87. The zero-order chi connectivity index (χ0) is 26.1. The maximum absolute atomic E-state index is 12.5. The molecule has 3 aromatic carbocycles. The number of nitrogens with one attached hydrogen (secondary N) is 2. The smallest absolute Gasteiger partial charge is 0.271 e. The van der Waals surface area contributed by atoms with Gasteiger partial charge in [0.2, 0.25) is 0 Å². The number of ether oxygens (including phenoxy) is 2. The first-order valence-corrected chi connectivity index (χ1v) is 10.7. The van der Waals surface area contributed by atoms with Crippen molar-refractivity contribution in [2.45, 2.75) is 0 Å². The van der Waals surface area contributed by atoms with Gasteiger partial charge in [0.15, 0.2) is 18.1 Å². The second-order valence-electron chi connectivity index (χ2n) is 7.19. The molecule has 10 nitrogen and oxygen atoms in total. The molecule has 3 aromatic rings. The summed E-state index contributed by atoms with van der Waals surface area (Å²) in [5.41, 5.74) is 0.758. The van der Waals surface area contributed by atoms with E-state index in [1.54, 1.807) is 30.3 Å². The van der Waals surface area contributed by atoms with Crippen molar-refractivity contribution in [2.75, 3.05) is 24.4 Å². The number of hydrogen-bond acceptors (Lipinski definition) is 7. The number of non-ortho nitro benzene ring substituents is 1. The summed E-state index contributed by atoms with van der Waals surface area (Å²) in [6, 6.07) is 18.4. The number of amides is 2. The van der Waals surface area contributed by atoms with E-state index in [0.717, 1.165) is 0 Å². The number of carbonyl (C=O) groups is 2. The first kappa shape index (κ1) is 25.7. The van der Waals surface area contributed by atoms with Crippen LogP contribution in [0, 0.1) is 21.4 Å². The van der Waals surface area contributed by atoms with Gasteiger partial charge in [-0.1, -0.05) is 23.7 Å². The second-order valence-corrected chi connectivity index (χ2v) is 7.62. The Morgan fingerprint density at radius 2 is 1.81 bits per heavy atom. The van der Waals surface area contributed by atoms with E-state index >= 15 is 0 Å². The van der Waals surface area contributed by atoms with Crippen molar-refractivity contribution in [1.29, 1.82) is 5.26 Å². The highest BCUT2D eigenvalue weighted by Crippen LogP contribution is 2.29. The molecule has 0 aliphatic heterocycles. The van der Waals surface area contributed by atoms with Gasteiger partial charge in [-0.15, -0.1) is 0 Å². The molecule has 0 saturated carbocycles. The van der Waals surface area contributed by atoms with E-state index in [0.29, 0.717) is 16.3 Å². The Hall–Kier alpha value is -4.88. The topological polar surface area (TPSA) is 144 Å². The van der Waals surface area contributed by atoms with Crippen molar-refractivity contribution in [3.63, 3.8) is 0 Å². The normalized spacial score (nSPS) is 10.6. The van der Waals surface area contributed by atoms with E-state index in [2.05, 4.69) is 10.6 Å². The fraction of sp³-hybridized carbons (Fsp3) is 0.0800. The molecule has 0 saturated heterocycles. The van der Waals surface area contributed by atoms with Gasteiger partial charge in [-0.05, 0) is 54.1 Å². The minimum absolute atomic E-state index is 0.175. The monoisotopic (exact) mass is 506 g/mol. The highest BCUT2D eigenvalue weighted by Gasteiger charge is 2.14.